The van der Waals surface area contributed by atoms with E-state index >= 15 is 0 Å². The van der Waals surface area contributed by atoms with Gasteiger partial charge in [0.15, 0.2) is 0 Å². The van der Waals surface area contributed by atoms with Crippen LogP contribution in [0.1, 0.15) is 44.2 Å². The van der Waals surface area contributed by atoms with Gasteiger partial charge < -0.3 is 15.2 Å². The third-order valence-electron chi connectivity index (χ3n) is 6.70. The number of alkyl halides is 3. The molecule has 1 aromatic rings. The van der Waals surface area contributed by atoms with Crippen LogP contribution in [0.25, 0.3) is 5.57 Å². The SMILES string of the molecule is CN1OC2(CC(C3CCOC(C)(C)C3)Oc3ccc(C4=C=C=CC(C(F)(F)F)=C4)cc32)N=C1N. The van der Waals surface area contributed by atoms with E-state index in [9.17, 15) is 13.2 Å². The number of nitrogens with zero attached hydrogens (tertiary/aromatic N) is 2. The highest BCUT2D eigenvalue weighted by atomic mass is 19.4. The number of halogens is 3. The van der Waals surface area contributed by atoms with Crippen molar-refractivity contribution >= 4 is 11.5 Å². The minimum absolute atomic E-state index is 0.182. The quantitative estimate of drug-likeness (QED) is 0.637. The Kier molecular flexibility index (Phi) is 5.22. The van der Waals surface area contributed by atoms with Crippen LogP contribution in [0.4, 0.5) is 13.2 Å². The topological polar surface area (TPSA) is 69.3 Å². The summed E-state index contributed by atoms with van der Waals surface area (Å²) < 4.78 is 52.0. The second-order valence-corrected chi connectivity index (χ2v) is 9.70. The zero-order chi connectivity index (χ0) is 24.3. The van der Waals surface area contributed by atoms with E-state index in [-0.39, 0.29) is 29.2 Å². The van der Waals surface area contributed by atoms with Gasteiger partial charge in [-0.2, -0.15) is 13.2 Å². The summed E-state index contributed by atoms with van der Waals surface area (Å²) in [4.78, 5) is 10.8. The maximum absolute atomic E-state index is 13.2. The van der Waals surface area contributed by atoms with Crippen molar-refractivity contribution in [1.29, 1.82) is 0 Å². The summed E-state index contributed by atoms with van der Waals surface area (Å²) >= 11 is 0. The molecule has 9 heteroatoms. The molecule has 0 radical (unpaired) electrons. The van der Waals surface area contributed by atoms with Gasteiger partial charge in [0, 0.05) is 37.6 Å². The third kappa shape index (κ3) is 4.05. The lowest BCUT2D eigenvalue weighted by molar-refractivity contribution is -0.199. The van der Waals surface area contributed by atoms with Gasteiger partial charge >= 0.3 is 6.18 Å². The molecule has 0 amide bonds. The molecular formula is C25H26F3N3O3. The van der Waals surface area contributed by atoms with Crippen LogP contribution in [0.3, 0.4) is 0 Å². The van der Waals surface area contributed by atoms with E-state index in [2.05, 4.69) is 30.3 Å². The second-order valence-electron chi connectivity index (χ2n) is 9.70. The molecule has 1 aromatic carbocycles. The van der Waals surface area contributed by atoms with Gasteiger partial charge in [-0.1, -0.05) is 17.5 Å². The summed E-state index contributed by atoms with van der Waals surface area (Å²) in [6.07, 6.45) is -0.619. The molecular weight excluding hydrogens is 447 g/mol. The van der Waals surface area contributed by atoms with Crippen LogP contribution in [-0.4, -0.2) is 42.6 Å². The lowest BCUT2D eigenvalue weighted by atomic mass is 9.79. The highest BCUT2D eigenvalue weighted by molar-refractivity contribution is 5.80. The first-order chi connectivity index (χ1) is 16.0. The predicted octanol–water partition coefficient (Wildman–Crippen LogP) is 4.58. The molecule has 3 unspecified atom stereocenters. The highest BCUT2D eigenvalue weighted by Crippen LogP contribution is 2.49. The van der Waals surface area contributed by atoms with Gasteiger partial charge in [-0.3, -0.25) is 0 Å². The summed E-state index contributed by atoms with van der Waals surface area (Å²) in [7, 11) is 1.68. The second kappa shape index (κ2) is 7.79. The van der Waals surface area contributed by atoms with E-state index in [0.717, 1.165) is 25.0 Å². The van der Waals surface area contributed by atoms with Crippen LogP contribution in [0.15, 0.2) is 52.4 Å². The fraction of sp³-hybridized carbons (Fsp3) is 0.480. The zero-order valence-electron chi connectivity index (χ0n) is 19.2. The van der Waals surface area contributed by atoms with Crippen LogP contribution in [0, 0.1) is 5.92 Å². The number of fused-ring (bicyclic) bond motifs is 2. The van der Waals surface area contributed by atoms with Crippen molar-refractivity contribution in [2.24, 2.45) is 16.6 Å². The Balaban J connectivity index is 1.55. The van der Waals surface area contributed by atoms with Gasteiger partial charge in [0.1, 0.15) is 11.9 Å². The Bertz CT molecular complexity index is 1190. The molecule has 1 saturated heterocycles. The normalized spacial score (nSPS) is 29.9. The van der Waals surface area contributed by atoms with Crippen LogP contribution in [-0.2, 0) is 15.3 Å². The average Bonchev–Trinajstić information content (AvgIpc) is 3.05. The number of rotatable bonds is 2. The number of nitrogens with two attached hydrogens (primary N) is 1. The van der Waals surface area contributed by atoms with Gasteiger partial charge in [-0.15, -0.1) is 0 Å². The summed E-state index contributed by atoms with van der Waals surface area (Å²) in [5, 5.41) is 1.41. The first-order valence-corrected chi connectivity index (χ1v) is 11.2. The number of hydrogen-bond acceptors (Lipinski definition) is 6. The van der Waals surface area contributed by atoms with Crippen molar-refractivity contribution in [3.63, 3.8) is 0 Å². The number of ether oxygens (including phenoxy) is 2. The smallest absolute Gasteiger partial charge is 0.417 e. The molecule has 0 saturated carbocycles. The molecule has 4 aliphatic rings. The monoisotopic (exact) mass is 473 g/mol. The minimum Gasteiger partial charge on any atom is -0.489 e. The van der Waals surface area contributed by atoms with E-state index in [1.54, 1.807) is 25.2 Å². The Morgan fingerprint density at radius 1 is 1.24 bits per heavy atom. The fourth-order valence-corrected chi connectivity index (χ4v) is 5.04. The molecule has 1 fully saturated rings. The molecule has 1 aliphatic carbocycles. The number of guanidine groups is 1. The Morgan fingerprint density at radius 3 is 2.71 bits per heavy atom. The fourth-order valence-electron chi connectivity index (χ4n) is 5.04. The summed E-state index contributed by atoms with van der Waals surface area (Å²) in [5.41, 5.74) is 10.6. The first-order valence-electron chi connectivity index (χ1n) is 11.2. The van der Waals surface area contributed by atoms with Gasteiger partial charge in [-0.25, -0.2) is 14.9 Å². The zero-order valence-corrected chi connectivity index (χ0v) is 19.2. The lowest BCUT2D eigenvalue weighted by Crippen LogP contribution is -2.46. The largest absolute Gasteiger partial charge is 0.489 e. The van der Waals surface area contributed by atoms with Crippen molar-refractivity contribution in [2.75, 3.05) is 13.7 Å². The Labute approximate surface area is 195 Å². The van der Waals surface area contributed by atoms with E-state index in [1.165, 1.54) is 5.06 Å². The molecule has 180 valence electrons. The third-order valence-corrected chi connectivity index (χ3v) is 6.70. The number of aliphatic imine (C=N–C) groups is 1. The molecule has 0 bridgehead atoms. The molecule has 2 N–H and O–H groups in total. The van der Waals surface area contributed by atoms with E-state index in [4.69, 9.17) is 20.0 Å². The van der Waals surface area contributed by atoms with Gasteiger partial charge in [0.05, 0.1) is 16.7 Å². The molecule has 34 heavy (non-hydrogen) atoms. The maximum atomic E-state index is 13.2. The van der Waals surface area contributed by atoms with Gasteiger partial charge in [0.2, 0.25) is 11.7 Å². The van der Waals surface area contributed by atoms with Gasteiger partial charge in [-0.05, 0) is 50.5 Å². The van der Waals surface area contributed by atoms with E-state index < -0.39 is 17.5 Å². The van der Waals surface area contributed by atoms with Crippen molar-refractivity contribution < 1.29 is 27.5 Å². The number of hydrogen-bond donors (Lipinski definition) is 1. The van der Waals surface area contributed by atoms with Crippen LogP contribution in [0.5, 0.6) is 5.75 Å². The standard InChI is InChI=1S/C25H26F3N3O3/c1-23(2)13-17(9-10-32-23)21-14-24(30-22(29)31(3)34-24)19-12-16(7-8-20(19)33-21)15-5-4-6-18(11-15)25(26,27)28/h6-8,11-12,17,21H,9-10,13-14H2,1-3H3,(H2,29,30). The number of hydroxylamine groups is 2. The van der Waals surface area contributed by atoms with Crippen molar-refractivity contribution in [3.8, 4) is 5.75 Å². The number of benzene rings is 1. The minimum atomic E-state index is -4.47. The molecule has 1 spiro atoms. The van der Waals surface area contributed by atoms with Crippen LogP contribution >= 0.6 is 0 Å². The van der Waals surface area contributed by atoms with E-state index in [0.29, 0.717) is 29.9 Å². The van der Waals surface area contributed by atoms with E-state index in [1.807, 2.05) is 0 Å². The summed E-state index contributed by atoms with van der Waals surface area (Å²) in [5.74, 6) is 1.03. The molecule has 3 atom stereocenters. The number of allylic oxidation sites excluding steroid dienone is 4. The Hall–Kier alpha value is -2.96. The van der Waals surface area contributed by atoms with Crippen molar-refractivity contribution in [3.05, 3.63) is 58.5 Å². The molecule has 6 nitrogen and oxygen atoms in total. The summed E-state index contributed by atoms with van der Waals surface area (Å²) in [6.45, 7) is 4.78. The van der Waals surface area contributed by atoms with Crippen LogP contribution < -0.4 is 10.5 Å². The molecule has 3 heterocycles. The summed E-state index contributed by atoms with van der Waals surface area (Å²) in [6, 6.07) is 5.22. The highest BCUT2D eigenvalue weighted by Gasteiger charge is 2.51. The van der Waals surface area contributed by atoms with Crippen molar-refractivity contribution in [2.45, 2.75) is 56.7 Å². The molecule has 3 aliphatic heterocycles. The van der Waals surface area contributed by atoms with Gasteiger partial charge in [0.25, 0.3) is 0 Å². The Morgan fingerprint density at radius 2 is 2.03 bits per heavy atom. The maximum Gasteiger partial charge on any atom is 0.417 e. The average molecular weight is 473 g/mol. The molecule has 0 aromatic heterocycles. The van der Waals surface area contributed by atoms with Crippen LogP contribution in [0.2, 0.25) is 0 Å². The lowest BCUT2D eigenvalue weighted by Gasteiger charge is -2.44. The predicted molar refractivity (Wildman–Crippen MR) is 120 cm³/mol. The molecule has 5 rings (SSSR count). The van der Waals surface area contributed by atoms with Crippen molar-refractivity contribution in [1.82, 2.24) is 5.06 Å². The first kappa shape index (κ1) is 22.8.